The fraction of sp³-hybridized carbons (Fsp3) is 0. The zero-order valence-electron chi connectivity index (χ0n) is 23.9. The van der Waals surface area contributed by atoms with Crippen LogP contribution in [0.4, 0.5) is 48.3 Å². The van der Waals surface area contributed by atoms with E-state index in [4.69, 9.17) is 14.0 Å². The Morgan fingerprint density at radius 2 is 0.837 bits per heavy atom. The second-order valence-corrected chi connectivity index (χ2v) is 10.6. The van der Waals surface area contributed by atoms with Gasteiger partial charge in [-0.25, -0.2) is 43.9 Å². The molecule has 0 fully saturated rings. The highest BCUT2D eigenvalue weighted by Gasteiger charge is 2.36. The maximum Gasteiger partial charge on any atom is 0.864 e. The average Bonchev–Trinajstić information content (AvgIpc) is 3.08. The number of hydrogen-bond donors (Lipinski definition) is 0. The van der Waals surface area contributed by atoms with Gasteiger partial charge in [0.1, 0.15) is 23.1 Å². The van der Waals surface area contributed by atoms with Crippen molar-refractivity contribution in [1.82, 2.24) is 0 Å². The van der Waals surface area contributed by atoms with E-state index in [0.29, 0.717) is 30.3 Å². The third-order valence-electron chi connectivity index (χ3n) is 7.73. The van der Waals surface area contributed by atoms with Gasteiger partial charge >= 0.3 is 7.32 Å². The van der Waals surface area contributed by atoms with Gasteiger partial charge in [0.15, 0.2) is 52.3 Å². The minimum atomic E-state index is -2.41. The molecule has 0 amide bonds. The molecule has 0 spiro atoms. The van der Waals surface area contributed by atoms with E-state index in [-0.39, 0.29) is 5.39 Å². The first-order chi connectivity index (χ1) is 23.3. The second kappa shape index (κ2) is 11.8. The first kappa shape index (κ1) is 31.9. The summed E-state index contributed by atoms with van der Waals surface area (Å²) in [6, 6.07) is 9.59. The molecule has 7 aromatic rings. The van der Waals surface area contributed by atoms with Crippen molar-refractivity contribution in [2.75, 3.05) is 0 Å². The van der Waals surface area contributed by atoms with E-state index >= 15 is 8.78 Å². The monoisotopic (exact) mass is 688 g/mol. The molecule has 0 aliphatic rings. The molecule has 7 rings (SSSR count). The highest BCUT2D eigenvalue weighted by Crippen LogP contribution is 2.39. The van der Waals surface area contributed by atoms with E-state index in [1.165, 1.54) is 0 Å². The fourth-order valence-corrected chi connectivity index (χ4v) is 5.43. The predicted octanol–water partition coefficient (Wildman–Crippen LogP) is 10.4. The smallest absolute Gasteiger partial charge is 0.489 e. The minimum Gasteiger partial charge on any atom is -0.489 e. The van der Waals surface area contributed by atoms with Crippen LogP contribution < -0.4 is 14.0 Å². The summed E-state index contributed by atoms with van der Waals surface area (Å²) in [5.74, 6) is -19.4. The zero-order chi connectivity index (χ0) is 34.9. The number of hydrogen-bond acceptors (Lipinski definition) is 3. The van der Waals surface area contributed by atoms with Crippen LogP contribution in [-0.2, 0) is 0 Å². The lowest BCUT2D eigenvalue weighted by molar-refractivity contribution is 0.300. The molecule has 7 aromatic carbocycles. The van der Waals surface area contributed by atoms with Crippen LogP contribution in [0, 0.1) is 64.0 Å². The Morgan fingerprint density at radius 1 is 0.347 bits per heavy atom. The Bertz CT molecular complexity index is 2430. The summed E-state index contributed by atoms with van der Waals surface area (Å²) < 4.78 is 177. The van der Waals surface area contributed by atoms with Crippen molar-refractivity contribution in [3.05, 3.63) is 137 Å². The Labute approximate surface area is 266 Å². The summed E-state index contributed by atoms with van der Waals surface area (Å²) in [5, 5.41) is -4.63. The lowest BCUT2D eigenvalue weighted by Gasteiger charge is -2.20. The van der Waals surface area contributed by atoms with Crippen LogP contribution in [0.5, 0.6) is 17.2 Å². The van der Waals surface area contributed by atoms with Crippen LogP contribution in [0.2, 0.25) is 0 Å². The maximum atomic E-state index is 15.5. The molecule has 0 atom stereocenters. The van der Waals surface area contributed by atoms with Crippen LogP contribution in [0.3, 0.4) is 0 Å². The van der Waals surface area contributed by atoms with Gasteiger partial charge in [-0.1, -0.05) is 6.07 Å². The molecule has 0 radical (unpaired) electrons. The Morgan fingerprint density at radius 3 is 1.39 bits per heavy atom. The van der Waals surface area contributed by atoms with Crippen molar-refractivity contribution >= 4 is 50.4 Å². The molecule has 0 heterocycles. The van der Waals surface area contributed by atoms with Crippen LogP contribution in [0.25, 0.3) is 43.1 Å². The van der Waals surface area contributed by atoms with E-state index in [1.54, 1.807) is 0 Å². The molecule has 3 nitrogen and oxygen atoms in total. The topological polar surface area (TPSA) is 27.7 Å². The highest BCUT2D eigenvalue weighted by molar-refractivity contribution is 6.40. The van der Waals surface area contributed by atoms with Crippen LogP contribution in [0.15, 0.2) is 72.8 Å². The summed E-state index contributed by atoms with van der Waals surface area (Å²) in [7, 11) is -2.41. The summed E-state index contributed by atoms with van der Waals surface area (Å²) in [5.41, 5.74) is 0. The van der Waals surface area contributed by atoms with Crippen molar-refractivity contribution in [2.24, 2.45) is 0 Å². The van der Waals surface area contributed by atoms with E-state index in [0.717, 1.165) is 42.5 Å². The molecule has 0 aliphatic carbocycles. The third-order valence-corrected chi connectivity index (χ3v) is 7.73. The van der Waals surface area contributed by atoms with Crippen molar-refractivity contribution in [1.29, 1.82) is 0 Å². The number of benzene rings is 7. The maximum absolute atomic E-state index is 15.5. The summed E-state index contributed by atoms with van der Waals surface area (Å²) in [6.45, 7) is 0. The first-order valence-electron chi connectivity index (χ1n) is 13.9. The number of halogens is 11. The quantitative estimate of drug-likeness (QED) is 0.0754. The zero-order valence-corrected chi connectivity index (χ0v) is 23.9. The molecule has 0 unspecified atom stereocenters. The van der Waals surface area contributed by atoms with Crippen molar-refractivity contribution in [3.8, 4) is 17.2 Å². The Hall–Kier alpha value is -5.73. The Kier molecular flexibility index (Phi) is 7.64. The van der Waals surface area contributed by atoms with Crippen molar-refractivity contribution in [2.45, 2.75) is 0 Å². The minimum absolute atomic E-state index is 0.121. The SMILES string of the molecule is Fc1ccc2cc3c(OB(Oc4ccc(F)c5c(F)c(F)ccc45)Oc4ccc(F)c5c(F)c(F)ccc45)c(F)c(F)c(F)c3cc2c1F. The lowest BCUT2D eigenvalue weighted by atomic mass is 10.0. The van der Waals surface area contributed by atoms with Gasteiger partial charge in [0.25, 0.3) is 0 Å². The third kappa shape index (κ3) is 5.16. The van der Waals surface area contributed by atoms with Crippen LogP contribution in [0.1, 0.15) is 0 Å². The van der Waals surface area contributed by atoms with Crippen molar-refractivity contribution < 1.29 is 62.3 Å². The van der Waals surface area contributed by atoms with Crippen LogP contribution in [-0.4, -0.2) is 7.32 Å². The predicted molar refractivity (Wildman–Crippen MR) is 157 cm³/mol. The molecular weight excluding hydrogens is 676 g/mol. The number of fused-ring (bicyclic) bond motifs is 4. The molecule has 15 heteroatoms. The normalized spacial score (nSPS) is 11.6. The molecule has 0 aromatic heterocycles. The van der Waals surface area contributed by atoms with Gasteiger partial charge in [-0.2, -0.15) is 4.39 Å². The fourth-order valence-electron chi connectivity index (χ4n) is 5.43. The molecular formula is C34H12BF11O3. The molecule has 246 valence electrons. The van der Waals surface area contributed by atoms with Crippen molar-refractivity contribution in [3.63, 3.8) is 0 Å². The largest absolute Gasteiger partial charge is 0.864 e. The summed E-state index contributed by atoms with van der Waals surface area (Å²) in [4.78, 5) is 0. The average molecular weight is 688 g/mol. The standard InChI is InChI=1S/C34H12BF11O3/c36-19-7-9-24(14-2-5-22(39)30(43)26(14)19)47-35(48-25-10-8-20(37)27-15(25)3-6-23(40)31(27)44)49-34-18-11-13-1-4-21(38)28(41)16(13)12-17(18)29(42)32(45)33(34)46/h1-12H. The van der Waals surface area contributed by atoms with Gasteiger partial charge in [0.05, 0.1) is 10.8 Å². The van der Waals surface area contributed by atoms with Gasteiger partial charge in [0.2, 0.25) is 5.82 Å². The Balaban J connectivity index is 1.43. The highest BCUT2D eigenvalue weighted by atomic mass is 19.2. The van der Waals surface area contributed by atoms with E-state index in [2.05, 4.69) is 0 Å². The molecule has 0 bridgehead atoms. The summed E-state index contributed by atoms with van der Waals surface area (Å²) in [6.07, 6.45) is 0. The molecule has 0 saturated heterocycles. The van der Waals surface area contributed by atoms with Gasteiger partial charge in [-0.05, 0) is 72.1 Å². The van der Waals surface area contributed by atoms with Gasteiger partial charge in [-0.15, -0.1) is 0 Å². The molecule has 0 N–H and O–H groups in total. The molecule has 49 heavy (non-hydrogen) atoms. The first-order valence-corrected chi connectivity index (χ1v) is 13.9. The van der Waals surface area contributed by atoms with Gasteiger partial charge < -0.3 is 14.0 Å². The van der Waals surface area contributed by atoms with Gasteiger partial charge in [-0.3, -0.25) is 0 Å². The van der Waals surface area contributed by atoms with Crippen LogP contribution >= 0.6 is 0 Å². The molecule has 0 saturated carbocycles. The summed E-state index contributed by atoms with van der Waals surface area (Å²) >= 11 is 0. The van der Waals surface area contributed by atoms with E-state index in [1.807, 2.05) is 0 Å². The second-order valence-electron chi connectivity index (χ2n) is 10.6. The number of rotatable bonds is 6. The van der Waals surface area contributed by atoms with E-state index in [9.17, 15) is 39.5 Å². The lowest BCUT2D eigenvalue weighted by Crippen LogP contribution is -2.37. The van der Waals surface area contributed by atoms with E-state index < -0.39 is 126 Å². The molecule has 0 aliphatic heterocycles. The van der Waals surface area contributed by atoms with Gasteiger partial charge in [0, 0.05) is 26.9 Å².